The third kappa shape index (κ3) is 2.57. The molecule has 110 valence electrons. The van der Waals surface area contributed by atoms with Gasteiger partial charge in [0.2, 0.25) is 5.91 Å². The molecule has 1 fully saturated rings. The highest BCUT2D eigenvalue weighted by Gasteiger charge is 2.29. The van der Waals surface area contributed by atoms with E-state index in [1.807, 2.05) is 0 Å². The van der Waals surface area contributed by atoms with Crippen molar-refractivity contribution in [2.24, 2.45) is 0 Å². The van der Waals surface area contributed by atoms with Crippen molar-refractivity contribution in [1.82, 2.24) is 14.9 Å². The molecule has 1 aliphatic rings. The Balaban J connectivity index is 1.79. The number of alkyl halides is 1. The maximum atomic E-state index is 13.0. The topological polar surface area (TPSA) is 96.2 Å². The molecule has 1 amide bonds. The summed E-state index contributed by atoms with van der Waals surface area (Å²) in [4.78, 5) is 27.1. The van der Waals surface area contributed by atoms with Crippen molar-refractivity contribution in [2.45, 2.75) is 18.6 Å². The van der Waals surface area contributed by atoms with Crippen molar-refractivity contribution in [1.29, 1.82) is 0 Å². The molecule has 21 heavy (non-hydrogen) atoms. The number of fused-ring (bicyclic) bond motifs is 1. The van der Waals surface area contributed by atoms with Crippen LogP contribution in [0.4, 0.5) is 15.0 Å². The van der Waals surface area contributed by atoms with Gasteiger partial charge >= 0.3 is 6.09 Å². The second-order valence-electron chi connectivity index (χ2n) is 4.85. The number of carboxylic acid groups (broad SMARTS) is 1. The van der Waals surface area contributed by atoms with Gasteiger partial charge in [-0.3, -0.25) is 9.36 Å². The average molecular weight is 292 g/mol. The Hall–Kier alpha value is -2.48. The van der Waals surface area contributed by atoms with Gasteiger partial charge in [-0.25, -0.2) is 14.2 Å². The Labute approximate surface area is 118 Å². The van der Waals surface area contributed by atoms with E-state index in [-0.39, 0.29) is 18.9 Å². The van der Waals surface area contributed by atoms with E-state index in [4.69, 9.17) is 5.11 Å². The van der Waals surface area contributed by atoms with Crippen LogP contribution in [0, 0.1) is 0 Å². The van der Waals surface area contributed by atoms with Gasteiger partial charge in [0.1, 0.15) is 12.0 Å². The summed E-state index contributed by atoms with van der Waals surface area (Å²) in [6.07, 6.45) is -0.588. The number of halogens is 1. The predicted molar refractivity (Wildman–Crippen MR) is 73.1 cm³/mol. The number of carbonyl (C=O) groups excluding carboxylic acids is 1. The molecule has 2 aromatic heterocycles. The van der Waals surface area contributed by atoms with E-state index in [9.17, 15) is 14.0 Å². The van der Waals surface area contributed by atoms with Crippen molar-refractivity contribution in [2.75, 3.05) is 11.9 Å². The number of amides is 1. The normalized spacial score (nSPS) is 21.6. The predicted octanol–water partition coefficient (Wildman–Crippen LogP) is 1.20. The van der Waals surface area contributed by atoms with E-state index in [2.05, 4.69) is 15.6 Å². The molecule has 0 unspecified atom stereocenters. The van der Waals surface area contributed by atoms with E-state index in [1.165, 1.54) is 12.3 Å². The first-order valence-electron chi connectivity index (χ1n) is 6.44. The molecule has 0 spiro atoms. The van der Waals surface area contributed by atoms with Crippen LogP contribution in [-0.2, 0) is 4.79 Å². The third-order valence-corrected chi connectivity index (χ3v) is 3.39. The quantitative estimate of drug-likeness (QED) is 0.773. The zero-order valence-electron chi connectivity index (χ0n) is 10.9. The van der Waals surface area contributed by atoms with Gasteiger partial charge in [-0.05, 0) is 18.2 Å². The maximum Gasteiger partial charge on any atom is 0.416 e. The van der Waals surface area contributed by atoms with Gasteiger partial charge in [-0.15, -0.1) is 0 Å². The van der Waals surface area contributed by atoms with Gasteiger partial charge in [0, 0.05) is 19.2 Å². The zero-order chi connectivity index (χ0) is 15.0. The van der Waals surface area contributed by atoms with Crippen molar-refractivity contribution in [3.63, 3.8) is 0 Å². The van der Waals surface area contributed by atoms with Crippen LogP contribution in [0.5, 0.6) is 0 Å². The lowest BCUT2D eigenvalue weighted by Gasteiger charge is -2.10. The summed E-state index contributed by atoms with van der Waals surface area (Å²) in [5.74, 6) is -0.0422. The van der Waals surface area contributed by atoms with Gasteiger partial charge in [0.15, 0.2) is 0 Å². The number of hydrogen-bond acceptors (Lipinski definition) is 4. The first kappa shape index (κ1) is 13.5. The molecule has 1 saturated heterocycles. The van der Waals surface area contributed by atoms with Gasteiger partial charge < -0.3 is 15.7 Å². The molecule has 3 N–H and O–H groups in total. The first-order valence-corrected chi connectivity index (χ1v) is 6.44. The second kappa shape index (κ2) is 5.13. The summed E-state index contributed by atoms with van der Waals surface area (Å²) >= 11 is 0. The summed E-state index contributed by atoms with van der Waals surface area (Å²) in [5, 5.41) is 14.4. The Bertz CT molecular complexity index is 715. The molecule has 0 saturated carbocycles. The smallest absolute Gasteiger partial charge is 0.416 e. The molecule has 0 radical (unpaired) electrons. The summed E-state index contributed by atoms with van der Waals surface area (Å²) in [6.45, 7) is 0.173. The van der Waals surface area contributed by atoms with Crippen LogP contribution in [0.2, 0.25) is 0 Å². The van der Waals surface area contributed by atoms with E-state index < -0.39 is 18.3 Å². The molecule has 7 nitrogen and oxygen atoms in total. The highest BCUT2D eigenvalue weighted by Crippen LogP contribution is 2.17. The highest BCUT2D eigenvalue weighted by molar-refractivity contribution is 5.95. The highest BCUT2D eigenvalue weighted by atomic mass is 19.1. The minimum atomic E-state index is -1.10. The van der Waals surface area contributed by atoms with Crippen LogP contribution in [0.25, 0.3) is 11.0 Å². The molecular weight excluding hydrogens is 279 g/mol. The summed E-state index contributed by atoms with van der Waals surface area (Å²) in [7, 11) is 0. The zero-order valence-corrected chi connectivity index (χ0v) is 10.9. The number of anilines is 1. The number of nitrogens with one attached hydrogen (secondary N) is 2. The molecule has 1 aliphatic heterocycles. The van der Waals surface area contributed by atoms with Gasteiger partial charge in [-0.2, -0.15) is 0 Å². The lowest BCUT2D eigenvalue weighted by molar-refractivity contribution is -0.117. The molecule has 3 rings (SSSR count). The Morgan fingerprint density at radius 2 is 2.24 bits per heavy atom. The van der Waals surface area contributed by atoms with Crippen molar-refractivity contribution < 1.29 is 19.1 Å². The van der Waals surface area contributed by atoms with E-state index >= 15 is 0 Å². The monoisotopic (exact) mass is 292 g/mol. The number of pyridine rings is 1. The van der Waals surface area contributed by atoms with Crippen molar-refractivity contribution in [3.05, 3.63) is 24.4 Å². The van der Waals surface area contributed by atoms with Crippen LogP contribution in [0.15, 0.2) is 24.4 Å². The molecular formula is C13H13FN4O3. The molecule has 2 atom stereocenters. The fourth-order valence-corrected chi connectivity index (χ4v) is 2.36. The Kier molecular flexibility index (Phi) is 3.30. The van der Waals surface area contributed by atoms with Gasteiger partial charge in [-0.1, -0.05) is 0 Å². The minimum Gasteiger partial charge on any atom is -0.464 e. The SMILES string of the molecule is O=C(Nc1ccc2c(ccn2C(=O)O)n1)[C@H]1C[C@@H](F)CN1. The second-order valence-corrected chi connectivity index (χ2v) is 4.85. The molecule has 0 bridgehead atoms. The standard InChI is InChI=1S/C13H13FN4O3/c14-7-5-9(15-6-7)12(19)17-11-2-1-10-8(16-11)3-4-18(10)13(20)21/h1-4,7,9,15H,5-6H2,(H,20,21)(H,16,17,19)/t7-,9-/m1/s1. The molecule has 0 aliphatic carbocycles. The number of nitrogens with zero attached hydrogens (tertiary/aromatic N) is 2. The van der Waals surface area contributed by atoms with E-state index in [1.54, 1.807) is 12.1 Å². The number of hydrogen-bond donors (Lipinski definition) is 3. The third-order valence-electron chi connectivity index (χ3n) is 3.39. The van der Waals surface area contributed by atoms with Crippen molar-refractivity contribution >= 4 is 28.9 Å². The van der Waals surface area contributed by atoms with Crippen LogP contribution < -0.4 is 10.6 Å². The maximum absolute atomic E-state index is 13.0. The fourth-order valence-electron chi connectivity index (χ4n) is 2.36. The summed E-state index contributed by atoms with van der Waals surface area (Å²) < 4.78 is 14.1. The van der Waals surface area contributed by atoms with Crippen LogP contribution in [0.3, 0.4) is 0 Å². The lowest BCUT2D eigenvalue weighted by atomic mass is 10.2. The lowest BCUT2D eigenvalue weighted by Crippen LogP contribution is -2.35. The first-order chi connectivity index (χ1) is 10.0. The van der Waals surface area contributed by atoms with Gasteiger partial charge in [0.25, 0.3) is 0 Å². The van der Waals surface area contributed by atoms with Crippen LogP contribution >= 0.6 is 0 Å². The number of rotatable bonds is 2. The number of aromatic nitrogens is 2. The Morgan fingerprint density at radius 1 is 1.43 bits per heavy atom. The summed E-state index contributed by atoms with van der Waals surface area (Å²) in [6, 6.07) is 4.05. The van der Waals surface area contributed by atoms with E-state index in [0.29, 0.717) is 16.9 Å². The largest absolute Gasteiger partial charge is 0.464 e. The summed E-state index contributed by atoms with van der Waals surface area (Å²) in [5.41, 5.74) is 0.890. The van der Waals surface area contributed by atoms with Crippen LogP contribution in [0.1, 0.15) is 6.42 Å². The Morgan fingerprint density at radius 3 is 2.90 bits per heavy atom. The number of carbonyl (C=O) groups is 2. The molecule has 8 heteroatoms. The minimum absolute atomic E-state index is 0.142. The van der Waals surface area contributed by atoms with Gasteiger partial charge in [0.05, 0.1) is 17.1 Å². The van der Waals surface area contributed by atoms with Crippen molar-refractivity contribution in [3.8, 4) is 0 Å². The molecule has 3 heterocycles. The van der Waals surface area contributed by atoms with Crippen LogP contribution in [-0.4, -0.2) is 45.4 Å². The molecule has 2 aromatic rings. The average Bonchev–Trinajstić information content (AvgIpc) is 3.04. The van der Waals surface area contributed by atoms with E-state index in [0.717, 1.165) is 4.57 Å². The fraction of sp³-hybridized carbons (Fsp3) is 0.308. The molecule has 0 aromatic carbocycles.